The van der Waals surface area contributed by atoms with Gasteiger partial charge in [-0.1, -0.05) is 49.7 Å². The zero-order valence-corrected chi connectivity index (χ0v) is 15.8. The monoisotopic (exact) mass is 370 g/mol. The van der Waals surface area contributed by atoms with Crippen LogP contribution in [0.1, 0.15) is 24.2 Å². The van der Waals surface area contributed by atoms with Crippen molar-refractivity contribution in [2.75, 3.05) is 25.0 Å². The van der Waals surface area contributed by atoms with E-state index in [1.54, 1.807) is 24.3 Å². The fourth-order valence-electron chi connectivity index (χ4n) is 2.99. The average molecular weight is 371 g/mol. The summed E-state index contributed by atoms with van der Waals surface area (Å²) in [5, 5.41) is 3.35. The molecule has 0 saturated heterocycles. The number of amides is 1. The summed E-state index contributed by atoms with van der Waals surface area (Å²) >= 11 is 6.15. The summed E-state index contributed by atoms with van der Waals surface area (Å²) in [5.74, 6) is 0.290. The van der Waals surface area contributed by atoms with Crippen molar-refractivity contribution in [2.24, 2.45) is 0 Å². The second-order valence-electron chi connectivity index (χ2n) is 6.04. The molecule has 0 bridgehead atoms. The van der Waals surface area contributed by atoms with E-state index >= 15 is 0 Å². The van der Waals surface area contributed by atoms with Crippen LogP contribution >= 0.6 is 11.6 Å². The molecule has 0 unspecified atom stereocenters. The molecule has 0 radical (unpaired) electrons. The van der Waals surface area contributed by atoms with Gasteiger partial charge >= 0.3 is 0 Å². The Morgan fingerprint density at radius 1 is 1.12 bits per heavy atom. The molecule has 0 saturated carbocycles. The zero-order valence-electron chi connectivity index (χ0n) is 15.1. The van der Waals surface area contributed by atoms with Crippen LogP contribution in [0.3, 0.4) is 0 Å². The number of carbonyl (C=O) groups excluding carboxylic acids is 1. The first-order valence-electron chi connectivity index (χ1n) is 8.87. The predicted molar refractivity (Wildman–Crippen MR) is 107 cm³/mol. The molecular formula is C20H23ClN4O. The smallest absolute Gasteiger partial charge is 0.259 e. The molecule has 0 spiro atoms. The Bertz CT molecular complexity index is 902. The quantitative estimate of drug-likeness (QED) is 0.675. The number of para-hydroxylation sites is 2. The highest BCUT2D eigenvalue weighted by molar-refractivity contribution is 6.34. The maximum Gasteiger partial charge on any atom is 0.259 e. The zero-order chi connectivity index (χ0) is 18.5. The van der Waals surface area contributed by atoms with Crippen molar-refractivity contribution in [3.05, 3.63) is 59.1 Å². The van der Waals surface area contributed by atoms with Crippen LogP contribution in [0.15, 0.2) is 48.5 Å². The van der Waals surface area contributed by atoms with Gasteiger partial charge in [-0.3, -0.25) is 10.1 Å². The molecule has 1 N–H and O–H groups in total. The first-order valence-corrected chi connectivity index (χ1v) is 9.25. The van der Waals surface area contributed by atoms with E-state index in [1.807, 2.05) is 24.3 Å². The third-order valence-electron chi connectivity index (χ3n) is 4.53. The van der Waals surface area contributed by atoms with Crippen molar-refractivity contribution in [1.29, 1.82) is 0 Å². The lowest BCUT2D eigenvalue weighted by molar-refractivity contribution is 0.102. The number of aromatic nitrogens is 2. The Balaban J connectivity index is 1.90. The molecule has 136 valence electrons. The van der Waals surface area contributed by atoms with E-state index in [2.05, 4.69) is 33.6 Å². The lowest BCUT2D eigenvalue weighted by Crippen LogP contribution is -2.27. The molecule has 0 aliphatic rings. The minimum absolute atomic E-state index is 0.255. The number of likely N-dealkylation sites (N-methyl/N-ethyl adjacent to an activating group) is 1. The van der Waals surface area contributed by atoms with E-state index in [4.69, 9.17) is 11.6 Å². The molecule has 1 heterocycles. The third-order valence-corrected chi connectivity index (χ3v) is 4.86. The van der Waals surface area contributed by atoms with E-state index < -0.39 is 0 Å². The number of imidazole rings is 1. The van der Waals surface area contributed by atoms with Gasteiger partial charge in [-0.15, -0.1) is 0 Å². The van der Waals surface area contributed by atoms with Crippen molar-refractivity contribution < 1.29 is 4.79 Å². The normalized spacial score (nSPS) is 11.2. The van der Waals surface area contributed by atoms with Gasteiger partial charge in [0.15, 0.2) is 0 Å². The molecule has 0 atom stereocenters. The van der Waals surface area contributed by atoms with Crippen molar-refractivity contribution in [3.8, 4) is 0 Å². The summed E-state index contributed by atoms with van der Waals surface area (Å²) < 4.78 is 2.06. The third kappa shape index (κ3) is 3.89. The van der Waals surface area contributed by atoms with E-state index in [9.17, 15) is 4.79 Å². The van der Waals surface area contributed by atoms with Crippen molar-refractivity contribution >= 4 is 34.5 Å². The highest BCUT2D eigenvalue weighted by atomic mass is 35.5. The molecule has 26 heavy (non-hydrogen) atoms. The Kier molecular flexibility index (Phi) is 5.91. The number of hydrogen-bond acceptors (Lipinski definition) is 3. The summed E-state index contributed by atoms with van der Waals surface area (Å²) in [6, 6.07) is 14.9. The van der Waals surface area contributed by atoms with Crippen LogP contribution in [-0.4, -0.2) is 40.0 Å². The van der Waals surface area contributed by atoms with E-state index in [0.717, 1.165) is 37.2 Å². The molecule has 6 heteroatoms. The van der Waals surface area contributed by atoms with Crippen molar-refractivity contribution in [1.82, 2.24) is 14.5 Å². The number of fused-ring (bicyclic) bond motifs is 1. The number of rotatable bonds is 7. The molecule has 0 aliphatic carbocycles. The topological polar surface area (TPSA) is 50.2 Å². The highest BCUT2D eigenvalue weighted by Crippen LogP contribution is 2.22. The molecule has 3 rings (SSSR count). The fraction of sp³-hybridized carbons (Fsp3) is 0.300. The summed E-state index contributed by atoms with van der Waals surface area (Å²) in [7, 11) is 0. The minimum atomic E-state index is -0.255. The lowest BCUT2D eigenvalue weighted by atomic mass is 10.2. The van der Waals surface area contributed by atoms with Crippen LogP contribution in [0.25, 0.3) is 11.0 Å². The number of carbonyl (C=O) groups is 1. The average Bonchev–Trinajstić information content (AvgIpc) is 3.00. The Labute approximate surface area is 158 Å². The highest BCUT2D eigenvalue weighted by Gasteiger charge is 2.16. The van der Waals surface area contributed by atoms with Gasteiger partial charge in [0, 0.05) is 13.1 Å². The number of halogens is 1. The number of nitrogens with one attached hydrogen (secondary N) is 1. The summed E-state index contributed by atoms with van der Waals surface area (Å²) in [6.07, 6.45) is 0. The standard InChI is InChI=1S/C20H23ClN4O/c1-3-24(4-2)13-14-25-18-12-8-7-11-17(18)22-20(25)23-19(26)15-9-5-6-10-16(15)21/h5-12H,3-4,13-14H2,1-2H3,(H,22,23,26). The molecule has 5 nitrogen and oxygen atoms in total. The van der Waals surface area contributed by atoms with Crippen LogP contribution < -0.4 is 5.32 Å². The number of hydrogen-bond donors (Lipinski definition) is 1. The fourth-order valence-corrected chi connectivity index (χ4v) is 3.21. The molecule has 2 aromatic carbocycles. The van der Waals surface area contributed by atoms with Gasteiger partial charge in [-0.2, -0.15) is 0 Å². The van der Waals surface area contributed by atoms with E-state index in [-0.39, 0.29) is 5.91 Å². The van der Waals surface area contributed by atoms with Gasteiger partial charge in [-0.25, -0.2) is 4.98 Å². The first-order chi connectivity index (χ1) is 12.6. The summed E-state index contributed by atoms with van der Waals surface area (Å²) in [6.45, 7) is 7.92. The number of nitrogens with zero attached hydrogens (tertiary/aromatic N) is 3. The summed E-state index contributed by atoms with van der Waals surface area (Å²) in [4.78, 5) is 19.6. The van der Waals surface area contributed by atoms with Crippen LogP contribution in [0.2, 0.25) is 5.02 Å². The Hall–Kier alpha value is -2.37. The molecule has 3 aromatic rings. The molecule has 1 amide bonds. The van der Waals surface area contributed by atoms with Gasteiger partial charge in [0.25, 0.3) is 5.91 Å². The van der Waals surface area contributed by atoms with Crippen molar-refractivity contribution in [3.63, 3.8) is 0 Å². The Morgan fingerprint density at radius 2 is 1.81 bits per heavy atom. The van der Waals surface area contributed by atoms with Gasteiger partial charge < -0.3 is 9.47 Å². The first kappa shape index (κ1) is 18.4. The predicted octanol–water partition coefficient (Wildman–Crippen LogP) is 4.28. The lowest BCUT2D eigenvalue weighted by Gasteiger charge is -2.19. The van der Waals surface area contributed by atoms with E-state index in [0.29, 0.717) is 16.5 Å². The largest absolute Gasteiger partial charge is 0.309 e. The van der Waals surface area contributed by atoms with Crippen LogP contribution in [0.5, 0.6) is 0 Å². The van der Waals surface area contributed by atoms with Crippen molar-refractivity contribution in [2.45, 2.75) is 20.4 Å². The summed E-state index contributed by atoms with van der Waals surface area (Å²) in [5.41, 5.74) is 2.31. The number of benzene rings is 2. The molecule has 1 aromatic heterocycles. The van der Waals surface area contributed by atoms with Crippen LogP contribution in [-0.2, 0) is 6.54 Å². The van der Waals surface area contributed by atoms with E-state index in [1.165, 1.54) is 0 Å². The minimum Gasteiger partial charge on any atom is -0.309 e. The molecule has 0 fully saturated rings. The van der Waals surface area contributed by atoms with Gasteiger partial charge in [-0.05, 0) is 37.4 Å². The number of anilines is 1. The van der Waals surface area contributed by atoms with Gasteiger partial charge in [0.2, 0.25) is 5.95 Å². The van der Waals surface area contributed by atoms with Gasteiger partial charge in [0.1, 0.15) is 0 Å². The maximum atomic E-state index is 12.7. The van der Waals surface area contributed by atoms with Gasteiger partial charge in [0.05, 0.1) is 21.6 Å². The van der Waals surface area contributed by atoms with Crippen LogP contribution in [0, 0.1) is 0 Å². The SMILES string of the molecule is CCN(CC)CCn1c(NC(=O)c2ccccc2Cl)nc2ccccc21. The van der Waals surface area contributed by atoms with Crippen LogP contribution in [0.4, 0.5) is 5.95 Å². The Morgan fingerprint density at radius 3 is 2.54 bits per heavy atom. The second kappa shape index (κ2) is 8.34. The molecular weight excluding hydrogens is 348 g/mol. The second-order valence-corrected chi connectivity index (χ2v) is 6.44. The molecule has 0 aliphatic heterocycles. The maximum absolute atomic E-state index is 12.7.